The van der Waals surface area contributed by atoms with Crippen LogP contribution in [0.25, 0.3) is 0 Å². The fourth-order valence-corrected chi connectivity index (χ4v) is 1.15. The first-order valence-corrected chi connectivity index (χ1v) is 4.46. The van der Waals surface area contributed by atoms with Crippen LogP contribution in [0, 0.1) is 0 Å². The maximum absolute atomic E-state index is 2.36. The molecule has 0 aromatic carbocycles. The van der Waals surface area contributed by atoms with Crippen LogP contribution in [0.5, 0.6) is 0 Å². The van der Waals surface area contributed by atoms with Crippen molar-refractivity contribution in [1.82, 2.24) is 9.80 Å². The van der Waals surface area contributed by atoms with Gasteiger partial charge in [-0.25, -0.2) is 0 Å². The van der Waals surface area contributed by atoms with Gasteiger partial charge in [-0.05, 0) is 34.1 Å². The Kier molecular flexibility index (Phi) is 5.51. The third kappa shape index (κ3) is 4.38. The molecule has 0 spiro atoms. The molecule has 0 saturated carbocycles. The number of rotatable bonds is 5. The van der Waals surface area contributed by atoms with Crippen LogP contribution in [-0.2, 0) is 0 Å². The fraction of sp³-hybridized carbons (Fsp3) is 1.00. The predicted molar refractivity (Wildman–Crippen MR) is 50.9 cm³/mol. The van der Waals surface area contributed by atoms with Crippen molar-refractivity contribution in [3.05, 3.63) is 0 Å². The molecule has 0 heterocycles. The zero-order valence-electron chi connectivity index (χ0n) is 8.59. The van der Waals surface area contributed by atoms with E-state index < -0.39 is 0 Å². The van der Waals surface area contributed by atoms with Gasteiger partial charge in [0, 0.05) is 12.6 Å². The molecule has 1 unspecified atom stereocenters. The van der Waals surface area contributed by atoms with Crippen molar-refractivity contribution in [3.63, 3.8) is 0 Å². The fourth-order valence-electron chi connectivity index (χ4n) is 1.15. The molecule has 68 valence electrons. The van der Waals surface area contributed by atoms with Gasteiger partial charge in [0.2, 0.25) is 0 Å². The van der Waals surface area contributed by atoms with Crippen LogP contribution in [0.15, 0.2) is 0 Å². The average Bonchev–Trinajstić information content (AvgIpc) is 1.99. The Balaban J connectivity index is 3.68. The van der Waals surface area contributed by atoms with Gasteiger partial charge in [0.25, 0.3) is 0 Å². The van der Waals surface area contributed by atoms with E-state index in [1.807, 2.05) is 0 Å². The normalized spacial score (nSPS) is 14.5. The number of hydrogen-bond donors (Lipinski definition) is 0. The molecule has 0 aromatic rings. The van der Waals surface area contributed by atoms with E-state index >= 15 is 0 Å². The summed E-state index contributed by atoms with van der Waals surface area (Å²) in [5, 5.41) is 0. The van der Waals surface area contributed by atoms with Gasteiger partial charge in [-0.2, -0.15) is 0 Å². The summed E-state index contributed by atoms with van der Waals surface area (Å²) in [6.45, 7) is 6.76. The van der Waals surface area contributed by atoms with E-state index in [1.165, 1.54) is 13.0 Å². The second-order valence-electron chi connectivity index (χ2n) is 3.38. The summed E-state index contributed by atoms with van der Waals surface area (Å²) >= 11 is 0. The van der Waals surface area contributed by atoms with Gasteiger partial charge < -0.3 is 9.80 Å². The van der Waals surface area contributed by atoms with Crippen LogP contribution >= 0.6 is 0 Å². The van der Waals surface area contributed by atoms with E-state index in [2.05, 4.69) is 44.8 Å². The second kappa shape index (κ2) is 5.56. The van der Waals surface area contributed by atoms with Gasteiger partial charge in [-0.15, -0.1) is 0 Å². The summed E-state index contributed by atoms with van der Waals surface area (Å²) in [7, 11) is 6.47. The number of hydrogen-bond acceptors (Lipinski definition) is 2. The van der Waals surface area contributed by atoms with Crippen LogP contribution < -0.4 is 0 Å². The molecule has 0 aliphatic carbocycles. The first-order chi connectivity index (χ1) is 5.11. The Morgan fingerprint density at radius 1 is 1.09 bits per heavy atom. The molecule has 0 bridgehead atoms. The maximum atomic E-state index is 2.36. The standard InChI is InChI=1S/C9H22N2/c1-6-9(10(3)4)8-11(5)7-2/h9H,6-8H2,1-5H3. The molecule has 0 saturated heterocycles. The average molecular weight is 158 g/mol. The van der Waals surface area contributed by atoms with Gasteiger partial charge in [-0.1, -0.05) is 13.8 Å². The lowest BCUT2D eigenvalue weighted by Gasteiger charge is -2.27. The Morgan fingerprint density at radius 2 is 1.64 bits per heavy atom. The first kappa shape index (κ1) is 10.9. The monoisotopic (exact) mass is 158 g/mol. The van der Waals surface area contributed by atoms with Crippen LogP contribution in [0.3, 0.4) is 0 Å². The summed E-state index contributed by atoms with van der Waals surface area (Å²) in [5.74, 6) is 0. The van der Waals surface area contributed by atoms with Gasteiger partial charge in [-0.3, -0.25) is 0 Å². The highest BCUT2D eigenvalue weighted by Crippen LogP contribution is 2.00. The van der Waals surface area contributed by atoms with Crippen molar-refractivity contribution < 1.29 is 0 Å². The largest absolute Gasteiger partial charge is 0.305 e. The summed E-state index contributed by atoms with van der Waals surface area (Å²) in [5.41, 5.74) is 0. The first-order valence-electron chi connectivity index (χ1n) is 4.46. The van der Waals surface area contributed by atoms with Crippen molar-refractivity contribution in [2.45, 2.75) is 26.3 Å². The molecule has 0 aromatic heterocycles. The molecule has 0 aliphatic heterocycles. The van der Waals surface area contributed by atoms with E-state index in [1.54, 1.807) is 0 Å². The molecule has 0 amide bonds. The smallest absolute Gasteiger partial charge is 0.0214 e. The van der Waals surface area contributed by atoms with E-state index in [9.17, 15) is 0 Å². The lowest BCUT2D eigenvalue weighted by atomic mass is 10.2. The number of nitrogens with zero attached hydrogens (tertiary/aromatic N) is 2. The minimum atomic E-state index is 0.708. The van der Waals surface area contributed by atoms with Gasteiger partial charge >= 0.3 is 0 Å². The van der Waals surface area contributed by atoms with E-state index in [4.69, 9.17) is 0 Å². The lowest BCUT2D eigenvalue weighted by molar-refractivity contribution is 0.208. The molecule has 1 atom stereocenters. The Morgan fingerprint density at radius 3 is 1.91 bits per heavy atom. The minimum Gasteiger partial charge on any atom is -0.305 e. The number of likely N-dealkylation sites (N-methyl/N-ethyl adjacent to an activating group) is 2. The SMILES string of the molecule is CCC(CN(C)CC)N(C)C. The highest BCUT2D eigenvalue weighted by molar-refractivity contribution is 4.67. The van der Waals surface area contributed by atoms with Crippen LogP contribution in [-0.4, -0.2) is 50.1 Å². The molecule has 2 nitrogen and oxygen atoms in total. The summed E-state index contributed by atoms with van der Waals surface area (Å²) in [6, 6.07) is 0.708. The van der Waals surface area contributed by atoms with Crippen molar-refractivity contribution >= 4 is 0 Å². The van der Waals surface area contributed by atoms with E-state index in [0.29, 0.717) is 6.04 Å². The van der Waals surface area contributed by atoms with E-state index in [-0.39, 0.29) is 0 Å². The quantitative estimate of drug-likeness (QED) is 0.594. The van der Waals surface area contributed by atoms with Crippen molar-refractivity contribution in [2.75, 3.05) is 34.2 Å². The van der Waals surface area contributed by atoms with Gasteiger partial charge in [0.05, 0.1) is 0 Å². The Hall–Kier alpha value is -0.0800. The van der Waals surface area contributed by atoms with Crippen LogP contribution in [0.2, 0.25) is 0 Å². The van der Waals surface area contributed by atoms with E-state index in [0.717, 1.165) is 6.54 Å². The molecule has 0 aliphatic rings. The molecule has 0 fully saturated rings. The predicted octanol–water partition coefficient (Wildman–Crippen LogP) is 1.28. The molecule has 0 N–H and O–H groups in total. The third-order valence-electron chi connectivity index (χ3n) is 2.26. The van der Waals surface area contributed by atoms with Crippen molar-refractivity contribution in [2.24, 2.45) is 0 Å². The Bertz CT molecular complexity index is 91.6. The molecular weight excluding hydrogens is 136 g/mol. The summed E-state index contributed by atoms with van der Waals surface area (Å²) < 4.78 is 0. The van der Waals surface area contributed by atoms with Gasteiger partial charge in [0.15, 0.2) is 0 Å². The highest BCUT2D eigenvalue weighted by Gasteiger charge is 2.09. The zero-order chi connectivity index (χ0) is 8.85. The maximum Gasteiger partial charge on any atom is 0.0214 e. The summed E-state index contributed by atoms with van der Waals surface area (Å²) in [4.78, 5) is 4.65. The summed E-state index contributed by atoms with van der Waals surface area (Å²) in [6.07, 6.45) is 1.23. The minimum absolute atomic E-state index is 0.708. The van der Waals surface area contributed by atoms with Crippen molar-refractivity contribution in [1.29, 1.82) is 0 Å². The highest BCUT2D eigenvalue weighted by atomic mass is 15.2. The molecular formula is C9H22N2. The molecule has 0 rings (SSSR count). The molecule has 0 radical (unpaired) electrons. The second-order valence-corrected chi connectivity index (χ2v) is 3.38. The van der Waals surface area contributed by atoms with Crippen LogP contribution in [0.4, 0.5) is 0 Å². The lowest BCUT2D eigenvalue weighted by Crippen LogP contribution is -2.38. The third-order valence-corrected chi connectivity index (χ3v) is 2.26. The van der Waals surface area contributed by atoms with Crippen LogP contribution in [0.1, 0.15) is 20.3 Å². The zero-order valence-corrected chi connectivity index (χ0v) is 8.59. The van der Waals surface area contributed by atoms with Gasteiger partial charge in [0.1, 0.15) is 0 Å². The van der Waals surface area contributed by atoms with Crippen molar-refractivity contribution in [3.8, 4) is 0 Å². The Labute approximate surface area is 71.2 Å². The molecule has 11 heavy (non-hydrogen) atoms. The topological polar surface area (TPSA) is 6.48 Å². The molecule has 2 heteroatoms.